The Balaban J connectivity index is 2.91. The van der Waals surface area contributed by atoms with Crippen molar-refractivity contribution in [3.05, 3.63) is 0 Å². The number of nitrogens with one attached hydrogen (secondary N) is 1. The zero-order valence-electron chi connectivity index (χ0n) is 9.67. The minimum atomic E-state index is -4.45. The third kappa shape index (κ3) is 3.61. The second-order valence-corrected chi connectivity index (χ2v) is 4.16. The van der Waals surface area contributed by atoms with Gasteiger partial charge < -0.3 is 10.2 Å². The van der Waals surface area contributed by atoms with Crippen LogP contribution in [-0.2, 0) is 9.59 Å². The molecule has 1 N–H and O–H groups in total. The Kier molecular flexibility index (Phi) is 4.00. The van der Waals surface area contributed by atoms with Crippen molar-refractivity contribution in [2.75, 3.05) is 6.54 Å². The quantitative estimate of drug-likeness (QED) is 0.799. The molecule has 2 unspecified atom stereocenters. The molecule has 0 saturated carbocycles. The number of carbonyl (C=O) groups excluding carboxylic acids is 2. The molecule has 1 aliphatic rings. The number of carbonyl (C=O) groups is 2. The average molecular weight is 252 g/mol. The van der Waals surface area contributed by atoms with E-state index in [0.29, 0.717) is 0 Å². The monoisotopic (exact) mass is 252 g/mol. The normalized spacial score (nSPS) is 26.8. The number of rotatable bonds is 2. The van der Waals surface area contributed by atoms with E-state index >= 15 is 0 Å². The van der Waals surface area contributed by atoms with E-state index in [-0.39, 0.29) is 18.7 Å². The zero-order valence-corrected chi connectivity index (χ0v) is 9.67. The Hall–Kier alpha value is -1.27. The Labute approximate surface area is 97.1 Å². The van der Waals surface area contributed by atoms with E-state index in [0.717, 1.165) is 4.90 Å². The number of alkyl halides is 3. The van der Waals surface area contributed by atoms with Gasteiger partial charge in [-0.2, -0.15) is 13.2 Å². The van der Waals surface area contributed by atoms with Gasteiger partial charge in [-0.15, -0.1) is 0 Å². The molecule has 1 heterocycles. The molecule has 0 aromatic heterocycles. The van der Waals surface area contributed by atoms with Crippen LogP contribution in [0.15, 0.2) is 0 Å². The van der Waals surface area contributed by atoms with E-state index in [2.05, 4.69) is 5.32 Å². The Morgan fingerprint density at radius 1 is 1.41 bits per heavy atom. The fourth-order valence-electron chi connectivity index (χ4n) is 1.81. The molecule has 0 bridgehead atoms. The second kappa shape index (κ2) is 4.93. The molecule has 2 atom stereocenters. The number of hydrogen-bond donors (Lipinski definition) is 1. The van der Waals surface area contributed by atoms with Crippen LogP contribution in [0.2, 0.25) is 0 Å². The van der Waals surface area contributed by atoms with E-state index in [4.69, 9.17) is 0 Å². The maximum Gasteiger partial charge on any atom is 0.406 e. The first-order chi connectivity index (χ1) is 7.74. The molecule has 1 rings (SSSR count). The van der Waals surface area contributed by atoms with Gasteiger partial charge in [-0.1, -0.05) is 6.92 Å². The molecule has 1 saturated heterocycles. The summed E-state index contributed by atoms with van der Waals surface area (Å²) < 4.78 is 37.0. The third-order valence-electron chi connectivity index (χ3n) is 2.69. The van der Waals surface area contributed by atoms with Crippen LogP contribution < -0.4 is 5.32 Å². The van der Waals surface area contributed by atoms with Crippen molar-refractivity contribution in [2.24, 2.45) is 0 Å². The summed E-state index contributed by atoms with van der Waals surface area (Å²) in [5, 5.41) is 2.43. The Morgan fingerprint density at radius 3 is 2.47 bits per heavy atom. The first-order valence-electron chi connectivity index (χ1n) is 5.41. The molecule has 4 nitrogen and oxygen atoms in total. The van der Waals surface area contributed by atoms with Gasteiger partial charge in [0.2, 0.25) is 11.8 Å². The minimum absolute atomic E-state index is 0.0989. The summed E-state index contributed by atoms with van der Waals surface area (Å²) in [4.78, 5) is 23.9. The average Bonchev–Trinajstić information content (AvgIpc) is 2.27. The summed E-state index contributed by atoms with van der Waals surface area (Å²) in [6.45, 7) is 1.78. The van der Waals surface area contributed by atoms with Gasteiger partial charge in [-0.05, 0) is 13.3 Å². The highest BCUT2D eigenvalue weighted by Crippen LogP contribution is 2.21. The molecule has 7 heteroatoms. The van der Waals surface area contributed by atoms with Gasteiger partial charge >= 0.3 is 6.18 Å². The van der Waals surface area contributed by atoms with Gasteiger partial charge in [0.25, 0.3) is 0 Å². The van der Waals surface area contributed by atoms with Crippen molar-refractivity contribution in [1.29, 1.82) is 0 Å². The Morgan fingerprint density at radius 2 is 2.00 bits per heavy atom. The van der Waals surface area contributed by atoms with E-state index in [1.165, 1.54) is 6.92 Å². The highest BCUT2D eigenvalue weighted by molar-refractivity contribution is 5.90. The molecule has 2 amide bonds. The van der Waals surface area contributed by atoms with Gasteiger partial charge in [0.1, 0.15) is 12.6 Å². The van der Waals surface area contributed by atoms with E-state index < -0.39 is 30.7 Å². The van der Waals surface area contributed by atoms with E-state index in [1.807, 2.05) is 0 Å². The molecule has 0 radical (unpaired) electrons. The zero-order chi connectivity index (χ0) is 13.2. The topological polar surface area (TPSA) is 49.4 Å². The number of amides is 2. The van der Waals surface area contributed by atoms with Crippen LogP contribution in [0.25, 0.3) is 0 Å². The molecule has 0 spiro atoms. The standard InChI is InChI=1S/C10H15F3N2O2/c1-3-7-9(17)15(5-10(11,12)13)6(2)4-8(16)14-7/h6-7H,3-5H2,1-2H3,(H,14,16). The molecule has 98 valence electrons. The lowest BCUT2D eigenvalue weighted by Gasteiger charge is -2.29. The van der Waals surface area contributed by atoms with Crippen LogP contribution >= 0.6 is 0 Å². The number of nitrogens with zero attached hydrogens (tertiary/aromatic N) is 1. The van der Waals surface area contributed by atoms with Crippen LogP contribution in [-0.4, -0.2) is 41.5 Å². The van der Waals surface area contributed by atoms with Gasteiger partial charge in [-0.25, -0.2) is 0 Å². The molecular formula is C10H15F3N2O2. The van der Waals surface area contributed by atoms with Crippen molar-refractivity contribution >= 4 is 11.8 Å². The molecule has 0 aromatic rings. The van der Waals surface area contributed by atoms with Crippen LogP contribution in [0.1, 0.15) is 26.7 Å². The van der Waals surface area contributed by atoms with Crippen molar-refractivity contribution in [1.82, 2.24) is 10.2 Å². The third-order valence-corrected chi connectivity index (χ3v) is 2.69. The number of hydrogen-bond acceptors (Lipinski definition) is 2. The van der Waals surface area contributed by atoms with Gasteiger partial charge in [-0.3, -0.25) is 9.59 Å². The molecule has 0 aliphatic carbocycles. The van der Waals surface area contributed by atoms with Crippen LogP contribution in [0.5, 0.6) is 0 Å². The maximum absolute atomic E-state index is 12.3. The van der Waals surface area contributed by atoms with E-state index in [1.54, 1.807) is 6.92 Å². The Bertz CT molecular complexity index is 317. The second-order valence-electron chi connectivity index (χ2n) is 4.16. The lowest BCUT2D eigenvalue weighted by molar-refractivity contribution is -0.165. The predicted octanol–water partition coefficient (Wildman–Crippen LogP) is 1.06. The van der Waals surface area contributed by atoms with Crippen molar-refractivity contribution in [2.45, 2.75) is 44.9 Å². The molecule has 1 fully saturated rings. The highest BCUT2D eigenvalue weighted by atomic mass is 19.4. The SMILES string of the molecule is CCC1NC(=O)CC(C)N(CC(F)(F)F)C1=O. The summed E-state index contributed by atoms with van der Waals surface area (Å²) in [5.74, 6) is -1.05. The fourth-order valence-corrected chi connectivity index (χ4v) is 1.81. The summed E-state index contributed by atoms with van der Waals surface area (Å²) in [7, 11) is 0. The van der Waals surface area contributed by atoms with Crippen LogP contribution in [0.3, 0.4) is 0 Å². The molecule has 0 aromatic carbocycles. The van der Waals surface area contributed by atoms with Crippen molar-refractivity contribution in [3.8, 4) is 0 Å². The van der Waals surface area contributed by atoms with Gasteiger partial charge in [0.05, 0.1) is 0 Å². The van der Waals surface area contributed by atoms with Crippen LogP contribution in [0, 0.1) is 0 Å². The molecule has 17 heavy (non-hydrogen) atoms. The summed E-state index contributed by atoms with van der Waals surface area (Å²) in [6, 6.07) is -1.59. The molecular weight excluding hydrogens is 237 g/mol. The van der Waals surface area contributed by atoms with Crippen molar-refractivity contribution < 1.29 is 22.8 Å². The minimum Gasteiger partial charge on any atom is -0.344 e. The fraction of sp³-hybridized carbons (Fsp3) is 0.800. The van der Waals surface area contributed by atoms with Crippen molar-refractivity contribution in [3.63, 3.8) is 0 Å². The summed E-state index contributed by atoms with van der Waals surface area (Å²) in [6.07, 6.45) is -4.26. The van der Waals surface area contributed by atoms with Crippen LogP contribution in [0.4, 0.5) is 13.2 Å². The highest BCUT2D eigenvalue weighted by Gasteiger charge is 2.39. The lowest BCUT2D eigenvalue weighted by Crippen LogP contribution is -2.49. The largest absolute Gasteiger partial charge is 0.406 e. The maximum atomic E-state index is 12.3. The first-order valence-corrected chi connectivity index (χ1v) is 5.41. The predicted molar refractivity (Wildman–Crippen MR) is 54.1 cm³/mol. The molecule has 1 aliphatic heterocycles. The summed E-state index contributed by atoms with van der Waals surface area (Å²) >= 11 is 0. The van der Waals surface area contributed by atoms with Gasteiger partial charge in [0.15, 0.2) is 0 Å². The first kappa shape index (κ1) is 13.8. The van der Waals surface area contributed by atoms with E-state index in [9.17, 15) is 22.8 Å². The lowest BCUT2D eigenvalue weighted by atomic mass is 10.2. The smallest absolute Gasteiger partial charge is 0.344 e. The summed E-state index contributed by atoms with van der Waals surface area (Å²) in [5.41, 5.74) is 0. The van der Waals surface area contributed by atoms with Gasteiger partial charge in [0, 0.05) is 12.5 Å². The number of halogens is 3.